The largest absolute Gasteiger partial charge is 0.381 e. The van der Waals surface area contributed by atoms with Crippen LogP contribution in [-0.4, -0.2) is 44.4 Å². The molecule has 0 bridgehead atoms. The van der Waals surface area contributed by atoms with E-state index >= 15 is 0 Å². The van der Waals surface area contributed by atoms with E-state index in [1.165, 1.54) is 37.2 Å². The van der Waals surface area contributed by atoms with Crippen molar-refractivity contribution in [2.45, 2.75) is 32.7 Å². The van der Waals surface area contributed by atoms with Gasteiger partial charge in [-0.3, -0.25) is 4.90 Å². The highest BCUT2D eigenvalue weighted by atomic mass is 32.1. The Morgan fingerprint density at radius 3 is 2.95 bits per heavy atom. The fraction of sp³-hybridized carbons (Fsp3) is 0.765. The van der Waals surface area contributed by atoms with Crippen LogP contribution in [0.1, 0.15) is 31.1 Å². The van der Waals surface area contributed by atoms with Crippen LogP contribution < -0.4 is 0 Å². The fourth-order valence-electron chi connectivity index (χ4n) is 3.80. The molecule has 1 atom stereocenters. The molecule has 0 saturated carbocycles. The zero-order valence-corrected chi connectivity index (χ0v) is 13.9. The summed E-state index contributed by atoms with van der Waals surface area (Å²) in [5.74, 6) is 0.593. The first kappa shape index (κ1) is 15.5. The Labute approximate surface area is 132 Å². The van der Waals surface area contributed by atoms with Crippen LogP contribution in [0.2, 0.25) is 0 Å². The van der Waals surface area contributed by atoms with Crippen molar-refractivity contribution in [3.63, 3.8) is 0 Å². The molecule has 0 amide bonds. The molecule has 0 aliphatic carbocycles. The minimum absolute atomic E-state index is 0.472. The summed E-state index contributed by atoms with van der Waals surface area (Å²) in [5, 5.41) is 2.18. The van der Waals surface area contributed by atoms with Gasteiger partial charge in [0.05, 0.1) is 13.2 Å². The van der Waals surface area contributed by atoms with Gasteiger partial charge in [0.15, 0.2) is 0 Å². The predicted molar refractivity (Wildman–Crippen MR) is 86.7 cm³/mol. The number of hydrogen-bond donors (Lipinski definition) is 0. The summed E-state index contributed by atoms with van der Waals surface area (Å²) in [7, 11) is 0. The Kier molecular flexibility index (Phi) is 5.33. The van der Waals surface area contributed by atoms with E-state index in [1.807, 2.05) is 11.3 Å². The van der Waals surface area contributed by atoms with Gasteiger partial charge in [-0.1, -0.05) is 6.07 Å². The summed E-state index contributed by atoms with van der Waals surface area (Å²) in [6.07, 6.45) is 3.83. The zero-order chi connectivity index (χ0) is 14.5. The molecule has 2 fully saturated rings. The highest BCUT2D eigenvalue weighted by Gasteiger charge is 2.43. The Bertz CT molecular complexity index is 412. The van der Waals surface area contributed by atoms with E-state index in [9.17, 15) is 0 Å². The third kappa shape index (κ3) is 3.67. The summed E-state index contributed by atoms with van der Waals surface area (Å²) >= 11 is 1.87. The predicted octanol–water partition coefficient (Wildman–Crippen LogP) is 3.40. The average molecular weight is 309 g/mol. The molecule has 2 aliphatic rings. The van der Waals surface area contributed by atoms with E-state index in [-0.39, 0.29) is 0 Å². The lowest BCUT2D eigenvalue weighted by atomic mass is 9.66. The standard InChI is InChI=1S/C17H27NO2S/c1-2-19-13-15-14-20-10-7-17(15)5-8-18(9-6-17)12-16-4-3-11-21-16/h3-4,11,15H,2,5-10,12-14H2,1H3. The van der Waals surface area contributed by atoms with Gasteiger partial charge >= 0.3 is 0 Å². The number of likely N-dealkylation sites (tertiary alicyclic amines) is 1. The van der Waals surface area contributed by atoms with Crippen LogP contribution in [0.15, 0.2) is 17.5 Å². The smallest absolute Gasteiger partial charge is 0.0521 e. The molecule has 3 rings (SSSR count). The van der Waals surface area contributed by atoms with Crippen molar-refractivity contribution in [1.29, 1.82) is 0 Å². The first-order chi connectivity index (χ1) is 10.3. The first-order valence-electron chi connectivity index (χ1n) is 8.23. The van der Waals surface area contributed by atoms with Gasteiger partial charge in [-0.2, -0.15) is 0 Å². The molecule has 1 aromatic heterocycles. The van der Waals surface area contributed by atoms with E-state index in [0.29, 0.717) is 11.3 Å². The second-order valence-electron chi connectivity index (χ2n) is 6.40. The number of rotatable bonds is 5. The van der Waals surface area contributed by atoms with Gasteiger partial charge in [0, 0.05) is 30.6 Å². The van der Waals surface area contributed by atoms with Crippen molar-refractivity contribution in [1.82, 2.24) is 4.90 Å². The number of hydrogen-bond acceptors (Lipinski definition) is 4. The second-order valence-corrected chi connectivity index (χ2v) is 7.43. The third-order valence-corrected chi connectivity index (χ3v) is 6.13. The zero-order valence-electron chi connectivity index (χ0n) is 13.1. The molecular formula is C17H27NO2S. The summed E-state index contributed by atoms with van der Waals surface area (Å²) in [4.78, 5) is 4.10. The maximum atomic E-state index is 5.73. The van der Waals surface area contributed by atoms with Crippen molar-refractivity contribution >= 4 is 11.3 Å². The van der Waals surface area contributed by atoms with Crippen LogP contribution in [0.4, 0.5) is 0 Å². The van der Waals surface area contributed by atoms with E-state index < -0.39 is 0 Å². The fourth-order valence-corrected chi connectivity index (χ4v) is 4.55. The van der Waals surface area contributed by atoms with Gasteiger partial charge in [-0.15, -0.1) is 11.3 Å². The monoisotopic (exact) mass is 309 g/mol. The van der Waals surface area contributed by atoms with Crippen LogP contribution >= 0.6 is 11.3 Å². The molecule has 0 N–H and O–H groups in total. The summed E-state index contributed by atoms with van der Waals surface area (Å²) in [6, 6.07) is 4.41. The molecule has 1 spiro atoms. The van der Waals surface area contributed by atoms with Crippen molar-refractivity contribution in [2.75, 3.05) is 39.5 Å². The lowest BCUT2D eigenvalue weighted by molar-refractivity contribution is -0.0992. The highest BCUT2D eigenvalue weighted by Crippen LogP contribution is 2.45. The van der Waals surface area contributed by atoms with Crippen molar-refractivity contribution < 1.29 is 9.47 Å². The minimum Gasteiger partial charge on any atom is -0.381 e. The molecule has 0 aromatic carbocycles. The lowest BCUT2D eigenvalue weighted by Crippen LogP contribution is -2.49. The number of thiophene rings is 1. The number of nitrogens with zero attached hydrogens (tertiary/aromatic N) is 1. The van der Waals surface area contributed by atoms with E-state index in [4.69, 9.17) is 9.47 Å². The molecule has 0 radical (unpaired) electrons. The van der Waals surface area contributed by atoms with Crippen LogP contribution in [0.25, 0.3) is 0 Å². The highest BCUT2D eigenvalue weighted by molar-refractivity contribution is 7.09. The molecular weight excluding hydrogens is 282 g/mol. The average Bonchev–Trinajstić information content (AvgIpc) is 3.02. The van der Waals surface area contributed by atoms with Gasteiger partial charge in [0.2, 0.25) is 0 Å². The van der Waals surface area contributed by atoms with Gasteiger partial charge in [-0.25, -0.2) is 0 Å². The molecule has 2 aliphatic heterocycles. The number of ether oxygens (including phenoxy) is 2. The molecule has 3 heterocycles. The van der Waals surface area contributed by atoms with Gasteiger partial charge < -0.3 is 9.47 Å². The number of piperidine rings is 1. The SMILES string of the molecule is CCOCC1COCCC12CCN(Cc1cccs1)CC2. The van der Waals surface area contributed by atoms with E-state index in [0.717, 1.165) is 33.0 Å². The van der Waals surface area contributed by atoms with Gasteiger partial charge in [0.1, 0.15) is 0 Å². The molecule has 3 nitrogen and oxygen atoms in total. The summed E-state index contributed by atoms with van der Waals surface area (Å²) in [5.41, 5.74) is 0.472. The van der Waals surface area contributed by atoms with E-state index in [2.05, 4.69) is 29.3 Å². The van der Waals surface area contributed by atoms with Crippen molar-refractivity contribution in [2.24, 2.45) is 11.3 Å². The van der Waals surface area contributed by atoms with E-state index in [1.54, 1.807) is 0 Å². The van der Waals surface area contributed by atoms with Crippen molar-refractivity contribution in [3.8, 4) is 0 Å². The Morgan fingerprint density at radius 2 is 2.24 bits per heavy atom. The Hall–Kier alpha value is -0.420. The quantitative estimate of drug-likeness (QED) is 0.832. The van der Waals surface area contributed by atoms with Gasteiger partial charge in [-0.05, 0) is 56.1 Å². The third-order valence-electron chi connectivity index (χ3n) is 5.26. The molecule has 1 unspecified atom stereocenters. The van der Waals surface area contributed by atoms with Crippen LogP contribution in [-0.2, 0) is 16.0 Å². The normalized spacial score (nSPS) is 26.2. The minimum atomic E-state index is 0.472. The van der Waals surface area contributed by atoms with Gasteiger partial charge in [0.25, 0.3) is 0 Å². The maximum Gasteiger partial charge on any atom is 0.0521 e. The summed E-state index contributed by atoms with van der Waals surface area (Å²) < 4.78 is 11.4. The topological polar surface area (TPSA) is 21.7 Å². The Balaban J connectivity index is 1.56. The molecule has 2 saturated heterocycles. The molecule has 4 heteroatoms. The summed E-state index contributed by atoms with van der Waals surface area (Å²) in [6.45, 7) is 9.18. The molecule has 21 heavy (non-hydrogen) atoms. The lowest BCUT2D eigenvalue weighted by Gasteiger charge is -2.49. The Morgan fingerprint density at radius 1 is 1.38 bits per heavy atom. The molecule has 1 aromatic rings. The van der Waals surface area contributed by atoms with Crippen LogP contribution in [0.5, 0.6) is 0 Å². The van der Waals surface area contributed by atoms with Crippen LogP contribution in [0, 0.1) is 11.3 Å². The second kappa shape index (κ2) is 7.23. The maximum absolute atomic E-state index is 5.73. The van der Waals surface area contributed by atoms with Crippen LogP contribution in [0.3, 0.4) is 0 Å². The van der Waals surface area contributed by atoms with Crippen molar-refractivity contribution in [3.05, 3.63) is 22.4 Å². The first-order valence-corrected chi connectivity index (χ1v) is 9.10. The molecule has 118 valence electrons.